The lowest BCUT2D eigenvalue weighted by Gasteiger charge is -2.27. The first-order valence-corrected chi connectivity index (χ1v) is 9.53. The van der Waals surface area contributed by atoms with Crippen LogP contribution in [0.5, 0.6) is 0 Å². The first-order chi connectivity index (χ1) is 13.5. The van der Waals surface area contributed by atoms with E-state index < -0.39 is 0 Å². The van der Waals surface area contributed by atoms with Gasteiger partial charge in [-0.25, -0.2) is 9.97 Å². The van der Waals surface area contributed by atoms with Gasteiger partial charge in [-0.1, -0.05) is 24.3 Å². The van der Waals surface area contributed by atoms with Crippen LogP contribution < -0.4 is 11.1 Å². The largest absolute Gasteiger partial charge is 0.369 e. The Bertz CT molecular complexity index is 1030. The van der Waals surface area contributed by atoms with Gasteiger partial charge in [-0.05, 0) is 38.2 Å². The molecule has 2 aromatic heterocycles. The van der Waals surface area contributed by atoms with Crippen LogP contribution in [0.1, 0.15) is 47.2 Å². The van der Waals surface area contributed by atoms with Gasteiger partial charge in [0.15, 0.2) is 5.78 Å². The van der Waals surface area contributed by atoms with Crippen LogP contribution in [-0.4, -0.2) is 32.7 Å². The molecule has 1 aliphatic rings. The quantitative estimate of drug-likeness (QED) is 0.592. The molecule has 1 saturated carbocycles. The summed E-state index contributed by atoms with van der Waals surface area (Å²) in [6.07, 6.45) is 6.39. The minimum atomic E-state index is -0.223. The summed E-state index contributed by atoms with van der Waals surface area (Å²) in [4.78, 5) is 36.3. The molecule has 1 aromatic carbocycles. The number of nitrogens with zero attached hydrogens (tertiary/aromatic N) is 2. The second-order valence-electron chi connectivity index (χ2n) is 7.39. The predicted molar refractivity (Wildman–Crippen MR) is 107 cm³/mol. The van der Waals surface area contributed by atoms with Crippen LogP contribution in [0.4, 0.5) is 5.82 Å². The Balaban J connectivity index is 1.64. The van der Waals surface area contributed by atoms with Crippen LogP contribution in [0.15, 0.2) is 36.8 Å². The molecular weight excluding hydrogens is 354 g/mol. The summed E-state index contributed by atoms with van der Waals surface area (Å²) < 4.78 is 0. The molecule has 2 heterocycles. The van der Waals surface area contributed by atoms with E-state index >= 15 is 0 Å². The molecule has 0 bridgehead atoms. The smallest absolute Gasteiger partial charge is 0.220 e. The fraction of sp³-hybridized carbons (Fsp3) is 0.333. The number of hydrogen-bond donors (Lipinski definition) is 3. The summed E-state index contributed by atoms with van der Waals surface area (Å²) in [6, 6.07) is 7.72. The Morgan fingerprint density at radius 2 is 1.86 bits per heavy atom. The van der Waals surface area contributed by atoms with Gasteiger partial charge in [-0.2, -0.15) is 0 Å². The van der Waals surface area contributed by atoms with E-state index in [0.29, 0.717) is 28.0 Å². The number of nitrogens with two attached hydrogens (primary N) is 1. The first kappa shape index (κ1) is 18.2. The van der Waals surface area contributed by atoms with E-state index in [2.05, 4.69) is 20.3 Å². The molecule has 0 radical (unpaired) electrons. The molecule has 4 N–H and O–H groups in total. The maximum absolute atomic E-state index is 13.1. The summed E-state index contributed by atoms with van der Waals surface area (Å²) >= 11 is 0. The van der Waals surface area contributed by atoms with Crippen LogP contribution in [0.25, 0.3) is 11.0 Å². The second-order valence-corrected chi connectivity index (χ2v) is 7.39. The number of aromatic nitrogens is 3. The average Bonchev–Trinajstić information content (AvgIpc) is 3.13. The van der Waals surface area contributed by atoms with Crippen LogP contribution in [0.2, 0.25) is 0 Å². The minimum absolute atomic E-state index is 0.0473. The molecule has 0 spiro atoms. The number of ketones is 1. The molecule has 3 aromatic rings. The van der Waals surface area contributed by atoms with Gasteiger partial charge in [0.1, 0.15) is 17.8 Å². The van der Waals surface area contributed by atoms with Crippen molar-refractivity contribution in [3.8, 4) is 0 Å². The second kappa shape index (κ2) is 7.42. The van der Waals surface area contributed by atoms with Crippen LogP contribution in [-0.2, 0) is 4.79 Å². The first-order valence-electron chi connectivity index (χ1n) is 9.53. The third-order valence-corrected chi connectivity index (χ3v) is 5.57. The van der Waals surface area contributed by atoms with Gasteiger partial charge in [0, 0.05) is 23.7 Å². The fourth-order valence-corrected chi connectivity index (χ4v) is 3.94. The van der Waals surface area contributed by atoms with Crippen molar-refractivity contribution in [2.75, 3.05) is 5.32 Å². The summed E-state index contributed by atoms with van der Waals surface area (Å²) in [7, 11) is 0. The Morgan fingerprint density at radius 3 is 2.57 bits per heavy atom. The Kier molecular flexibility index (Phi) is 4.81. The summed E-state index contributed by atoms with van der Waals surface area (Å²) in [6.45, 7) is 1.93. The number of rotatable bonds is 5. The third kappa shape index (κ3) is 3.35. The van der Waals surface area contributed by atoms with E-state index in [-0.39, 0.29) is 23.7 Å². The van der Waals surface area contributed by atoms with E-state index in [0.717, 1.165) is 31.2 Å². The van der Waals surface area contributed by atoms with Gasteiger partial charge < -0.3 is 16.0 Å². The van der Waals surface area contributed by atoms with Gasteiger partial charge in [0.2, 0.25) is 5.91 Å². The van der Waals surface area contributed by atoms with Gasteiger partial charge in [-0.3, -0.25) is 9.59 Å². The van der Waals surface area contributed by atoms with Crippen molar-refractivity contribution in [2.24, 2.45) is 11.7 Å². The Labute approximate surface area is 162 Å². The highest BCUT2D eigenvalue weighted by atomic mass is 16.1. The molecule has 28 heavy (non-hydrogen) atoms. The fourth-order valence-electron chi connectivity index (χ4n) is 3.94. The highest BCUT2D eigenvalue weighted by Gasteiger charge is 2.26. The minimum Gasteiger partial charge on any atom is -0.369 e. The van der Waals surface area contributed by atoms with Crippen LogP contribution >= 0.6 is 0 Å². The molecule has 4 rings (SSSR count). The number of benzene rings is 1. The zero-order chi connectivity index (χ0) is 19.7. The predicted octanol–water partition coefficient (Wildman–Crippen LogP) is 2.95. The highest BCUT2D eigenvalue weighted by Crippen LogP contribution is 2.30. The Morgan fingerprint density at radius 1 is 1.11 bits per heavy atom. The number of carbonyl (C=O) groups is 2. The SMILES string of the molecule is Cc1ccccc1C(=O)c1c[nH]c2ncnc(N[C@H]3CC[C@H](C(N)=O)CC3)c12. The maximum atomic E-state index is 13.1. The number of hydrogen-bond acceptors (Lipinski definition) is 5. The van der Waals surface area contributed by atoms with Gasteiger partial charge in [0.25, 0.3) is 0 Å². The monoisotopic (exact) mass is 377 g/mol. The molecule has 7 nitrogen and oxygen atoms in total. The number of aryl methyl sites for hydroxylation is 1. The van der Waals surface area contributed by atoms with E-state index in [1.165, 1.54) is 6.33 Å². The molecule has 1 aliphatic carbocycles. The number of nitrogens with one attached hydrogen (secondary N) is 2. The van der Waals surface area contributed by atoms with Crippen molar-refractivity contribution in [1.82, 2.24) is 15.0 Å². The lowest BCUT2D eigenvalue weighted by molar-refractivity contribution is -0.122. The lowest BCUT2D eigenvalue weighted by Crippen LogP contribution is -2.32. The van der Waals surface area contributed by atoms with Crippen molar-refractivity contribution in [2.45, 2.75) is 38.6 Å². The van der Waals surface area contributed by atoms with Crippen molar-refractivity contribution in [1.29, 1.82) is 0 Å². The molecule has 7 heteroatoms. The summed E-state index contributed by atoms with van der Waals surface area (Å²) in [5.74, 6) is 0.318. The maximum Gasteiger partial charge on any atom is 0.220 e. The normalized spacial score (nSPS) is 19.5. The van der Waals surface area contributed by atoms with Gasteiger partial charge in [0.05, 0.1) is 10.9 Å². The number of primary amides is 1. The summed E-state index contributed by atoms with van der Waals surface area (Å²) in [5, 5.41) is 4.16. The zero-order valence-corrected chi connectivity index (χ0v) is 15.7. The molecular formula is C21H23N5O2. The highest BCUT2D eigenvalue weighted by molar-refractivity contribution is 6.18. The van der Waals surface area contributed by atoms with E-state index in [9.17, 15) is 9.59 Å². The number of amides is 1. The third-order valence-electron chi connectivity index (χ3n) is 5.57. The zero-order valence-electron chi connectivity index (χ0n) is 15.7. The lowest BCUT2D eigenvalue weighted by atomic mass is 9.85. The van der Waals surface area contributed by atoms with Gasteiger partial charge >= 0.3 is 0 Å². The molecule has 0 saturated heterocycles. The van der Waals surface area contributed by atoms with E-state index in [4.69, 9.17) is 5.73 Å². The topological polar surface area (TPSA) is 114 Å². The van der Waals surface area contributed by atoms with Crippen LogP contribution in [0, 0.1) is 12.8 Å². The molecule has 144 valence electrons. The van der Waals surface area contributed by atoms with E-state index in [1.807, 2.05) is 31.2 Å². The molecule has 0 aliphatic heterocycles. The van der Waals surface area contributed by atoms with Crippen molar-refractivity contribution in [3.63, 3.8) is 0 Å². The number of carbonyl (C=O) groups excluding carboxylic acids is 2. The molecule has 0 atom stereocenters. The number of aromatic amines is 1. The number of fused-ring (bicyclic) bond motifs is 1. The average molecular weight is 377 g/mol. The van der Waals surface area contributed by atoms with Crippen LogP contribution in [0.3, 0.4) is 0 Å². The molecule has 1 fully saturated rings. The molecule has 0 unspecified atom stereocenters. The summed E-state index contributed by atoms with van der Waals surface area (Å²) in [5.41, 5.74) is 8.20. The van der Waals surface area contributed by atoms with Gasteiger partial charge in [-0.15, -0.1) is 0 Å². The number of H-pyrrole nitrogens is 1. The number of anilines is 1. The Hall–Kier alpha value is -3.22. The van der Waals surface area contributed by atoms with Crippen molar-refractivity contribution < 1.29 is 9.59 Å². The van der Waals surface area contributed by atoms with Crippen molar-refractivity contribution in [3.05, 3.63) is 53.5 Å². The standard InChI is InChI=1S/C21H23N5O2/c1-12-4-2-3-5-15(12)18(27)16-10-23-20-17(16)21(25-11-24-20)26-14-8-6-13(7-9-14)19(22)28/h2-5,10-11,13-14H,6-9H2,1H3,(H2,22,28)(H2,23,24,25,26)/t13-,14-. The van der Waals surface area contributed by atoms with Crippen molar-refractivity contribution >= 4 is 28.5 Å². The molecule has 1 amide bonds. The van der Waals surface area contributed by atoms with E-state index in [1.54, 1.807) is 6.20 Å².